The zero-order chi connectivity index (χ0) is 11.5. The van der Waals surface area contributed by atoms with Gasteiger partial charge in [0, 0.05) is 11.3 Å². The Kier molecular flexibility index (Phi) is 3.52. The first-order valence-electron chi connectivity index (χ1n) is 4.07. The molecule has 2 nitrogen and oxygen atoms in total. The molecule has 6 heteroatoms. The Bertz CT molecular complexity index is 337. The predicted molar refractivity (Wildman–Crippen MR) is 46.5 cm³/mol. The second-order valence-electron chi connectivity index (χ2n) is 2.95. The highest BCUT2D eigenvalue weighted by atomic mass is 19.4. The number of ether oxygens (including phenoxy) is 1. The van der Waals surface area contributed by atoms with Crippen molar-refractivity contribution in [1.29, 1.82) is 0 Å². The largest absolute Gasteiger partial charge is 0.411 e. The van der Waals surface area contributed by atoms with E-state index in [1.807, 2.05) is 0 Å². The van der Waals surface area contributed by atoms with E-state index in [1.54, 1.807) is 0 Å². The molecule has 0 aliphatic heterocycles. The van der Waals surface area contributed by atoms with Gasteiger partial charge in [-0.2, -0.15) is 13.2 Å². The highest BCUT2D eigenvalue weighted by Crippen LogP contribution is 2.18. The first kappa shape index (κ1) is 11.8. The van der Waals surface area contributed by atoms with Crippen LogP contribution in [0.4, 0.5) is 23.2 Å². The van der Waals surface area contributed by atoms with Crippen molar-refractivity contribution in [1.82, 2.24) is 0 Å². The van der Waals surface area contributed by atoms with E-state index in [-0.39, 0.29) is 12.3 Å². The molecule has 0 fully saturated rings. The van der Waals surface area contributed by atoms with Gasteiger partial charge in [-0.1, -0.05) is 6.07 Å². The molecule has 0 aliphatic carbocycles. The lowest BCUT2D eigenvalue weighted by molar-refractivity contribution is -0.176. The molecule has 15 heavy (non-hydrogen) atoms. The van der Waals surface area contributed by atoms with Crippen molar-refractivity contribution in [2.24, 2.45) is 0 Å². The van der Waals surface area contributed by atoms with Crippen LogP contribution in [0, 0.1) is 5.82 Å². The van der Waals surface area contributed by atoms with Crippen LogP contribution in [-0.2, 0) is 11.3 Å². The number of hydrogen-bond donors (Lipinski definition) is 1. The zero-order valence-corrected chi connectivity index (χ0v) is 7.64. The molecular weight excluding hydrogens is 214 g/mol. The molecule has 0 amide bonds. The van der Waals surface area contributed by atoms with E-state index < -0.39 is 18.6 Å². The lowest BCUT2D eigenvalue weighted by Crippen LogP contribution is -2.17. The number of nitrogen functional groups attached to an aromatic ring is 1. The van der Waals surface area contributed by atoms with Gasteiger partial charge in [0.2, 0.25) is 0 Å². The third-order valence-electron chi connectivity index (χ3n) is 1.63. The number of halogens is 4. The Morgan fingerprint density at radius 3 is 2.47 bits per heavy atom. The van der Waals surface area contributed by atoms with Crippen LogP contribution in [0.15, 0.2) is 18.2 Å². The standard InChI is InChI=1S/C9H9F4NO/c10-7-2-1-6(8(14)3-7)4-15-5-9(11,12)13/h1-3H,4-5,14H2. The average Bonchev–Trinajstić information content (AvgIpc) is 2.07. The minimum absolute atomic E-state index is 0.0807. The van der Waals surface area contributed by atoms with Crippen molar-refractivity contribution in [3.8, 4) is 0 Å². The van der Waals surface area contributed by atoms with Crippen LogP contribution in [0.25, 0.3) is 0 Å². The Labute approximate surface area is 83.6 Å². The summed E-state index contributed by atoms with van der Waals surface area (Å²) in [6.07, 6.45) is -4.37. The third-order valence-corrected chi connectivity index (χ3v) is 1.63. The van der Waals surface area contributed by atoms with Gasteiger partial charge in [0.05, 0.1) is 6.61 Å². The molecule has 0 aliphatic rings. The van der Waals surface area contributed by atoms with Crippen LogP contribution in [0.2, 0.25) is 0 Å². The number of anilines is 1. The van der Waals surface area contributed by atoms with Crippen LogP contribution < -0.4 is 5.73 Å². The van der Waals surface area contributed by atoms with Crippen LogP contribution in [0.3, 0.4) is 0 Å². The van der Waals surface area contributed by atoms with Gasteiger partial charge in [-0.25, -0.2) is 4.39 Å². The quantitative estimate of drug-likeness (QED) is 0.631. The smallest absolute Gasteiger partial charge is 0.398 e. The monoisotopic (exact) mass is 223 g/mol. The summed E-state index contributed by atoms with van der Waals surface area (Å²) in [6.45, 7) is -1.63. The third kappa shape index (κ3) is 4.16. The molecule has 0 saturated heterocycles. The van der Waals surface area contributed by atoms with Gasteiger partial charge < -0.3 is 10.5 Å². The SMILES string of the molecule is Nc1cc(F)ccc1COCC(F)(F)F. The van der Waals surface area contributed by atoms with Gasteiger partial charge in [0.15, 0.2) is 0 Å². The van der Waals surface area contributed by atoms with Crippen molar-refractivity contribution in [2.45, 2.75) is 12.8 Å². The number of benzene rings is 1. The summed E-state index contributed by atoms with van der Waals surface area (Å²) < 4.78 is 52.1. The predicted octanol–water partition coefficient (Wildman–Crippen LogP) is 2.49. The van der Waals surface area contributed by atoms with Crippen molar-refractivity contribution >= 4 is 5.69 Å². The van der Waals surface area contributed by atoms with E-state index >= 15 is 0 Å². The molecule has 0 atom stereocenters. The topological polar surface area (TPSA) is 35.2 Å². The molecule has 0 heterocycles. The maximum Gasteiger partial charge on any atom is 0.411 e. The highest BCUT2D eigenvalue weighted by Gasteiger charge is 2.27. The van der Waals surface area contributed by atoms with Gasteiger partial charge in [0.1, 0.15) is 12.4 Å². The van der Waals surface area contributed by atoms with Gasteiger partial charge >= 0.3 is 6.18 Å². The second kappa shape index (κ2) is 4.48. The summed E-state index contributed by atoms with van der Waals surface area (Å²) in [5.74, 6) is -0.535. The summed E-state index contributed by atoms with van der Waals surface area (Å²) in [5, 5.41) is 0. The van der Waals surface area contributed by atoms with Crippen LogP contribution >= 0.6 is 0 Å². The lowest BCUT2D eigenvalue weighted by atomic mass is 10.2. The molecule has 0 spiro atoms. The maximum absolute atomic E-state index is 12.6. The van der Waals surface area contributed by atoms with E-state index in [9.17, 15) is 17.6 Å². The lowest BCUT2D eigenvalue weighted by Gasteiger charge is -2.09. The van der Waals surface area contributed by atoms with Crippen LogP contribution in [-0.4, -0.2) is 12.8 Å². The fraction of sp³-hybridized carbons (Fsp3) is 0.333. The molecule has 84 valence electrons. The van der Waals surface area contributed by atoms with Crippen molar-refractivity contribution in [3.63, 3.8) is 0 Å². The van der Waals surface area contributed by atoms with E-state index in [0.717, 1.165) is 12.1 Å². The summed E-state index contributed by atoms with van der Waals surface area (Å²) >= 11 is 0. The molecule has 1 rings (SSSR count). The van der Waals surface area contributed by atoms with E-state index in [0.29, 0.717) is 5.56 Å². The maximum atomic E-state index is 12.6. The van der Waals surface area contributed by atoms with E-state index in [2.05, 4.69) is 4.74 Å². The summed E-state index contributed by atoms with van der Waals surface area (Å²) in [5.41, 5.74) is 5.78. The van der Waals surface area contributed by atoms with Gasteiger partial charge in [0.25, 0.3) is 0 Å². The average molecular weight is 223 g/mol. The number of hydrogen-bond acceptors (Lipinski definition) is 2. The summed E-state index contributed by atoms with van der Waals surface area (Å²) in [7, 11) is 0. The second-order valence-corrected chi connectivity index (χ2v) is 2.95. The molecule has 0 radical (unpaired) electrons. The highest BCUT2D eigenvalue weighted by molar-refractivity contribution is 5.46. The molecule has 0 saturated carbocycles. The molecule has 0 unspecified atom stereocenters. The normalized spacial score (nSPS) is 11.7. The minimum Gasteiger partial charge on any atom is -0.398 e. The fourth-order valence-electron chi connectivity index (χ4n) is 0.974. The summed E-state index contributed by atoms with van der Waals surface area (Å²) in [6, 6.07) is 3.44. The van der Waals surface area contributed by atoms with E-state index in [1.165, 1.54) is 6.07 Å². The van der Waals surface area contributed by atoms with E-state index in [4.69, 9.17) is 5.73 Å². The Balaban J connectivity index is 2.51. The van der Waals surface area contributed by atoms with Gasteiger partial charge in [-0.3, -0.25) is 0 Å². The van der Waals surface area contributed by atoms with Gasteiger partial charge in [-0.05, 0) is 12.1 Å². The molecule has 1 aromatic rings. The van der Waals surface area contributed by atoms with Crippen LogP contribution in [0.5, 0.6) is 0 Å². The van der Waals surface area contributed by atoms with Crippen molar-refractivity contribution in [3.05, 3.63) is 29.6 Å². The van der Waals surface area contributed by atoms with Gasteiger partial charge in [-0.15, -0.1) is 0 Å². The first-order chi connectivity index (χ1) is 6.88. The molecule has 0 aromatic heterocycles. The summed E-state index contributed by atoms with van der Waals surface area (Å²) in [4.78, 5) is 0. The zero-order valence-electron chi connectivity index (χ0n) is 7.64. The Morgan fingerprint density at radius 2 is 1.93 bits per heavy atom. The Morgan fingerprint density at radius 1 is 1.27 bits per heavy atom. The molecule has 0 bridgehead atoms. The first-order valence-corrected chi connectivity index (χ1v) is 4.07. The van der Waals surface area contributed by atoms with Crippen molar-refractivity contribution < 1.29 is 22.3 Å². The number of alkyl halides is 3. The fourth-order valence-corrected chi connectivity index (χ4v) is 0.974. The molecule has 2 N–H and O–H groups in total. The molecular formula is C9H9F4NO. The number of nitrogens with two attached hydrogens (primary N) is 1. The molecule has 1 aromatic carbocycles. The van der Waals surface area contributed by atoms with Crippen LogP contribution in [0.1, 0.15) is 5.56 Å². The van der Waals surface area contributed by atoms with Crippen molar-refractivity contribution in [2.75, 3.05) is 12.3 Å². The Hall–Kier alpha value is -1.30. The minimum atomic E-state index is -4.37. The number of rotatable bonds is 3.